The zero-order valence-electron chi connectivity index (χ0n) is 10.5. The standard InChI is InChI=1S/C13H16BrN3/c1-7-5-8(2)10(9(3)6-7)11-12(14)17(4)13(15)16-11/h5-6H,1-4H3,(H2,15,16). The van der Waals surface area contributed by atoms with E-state index in [1.165, 1.54) is 16.7 Å². The lowest BCUT2D eigenvalue weighted by Crippen LogP contribution is -1.96. The maximum atomic E-state index is 5.83. The normalized spacial score (nSPS) is 10.9. The Balaban J connectivity index is 2.73. The summed E-state index contributed by atoms with van der Waals surface area (Å²) in [5.41, 5.74) is 11.6. The van der Waals surface area contributed by atoms with Crippen molar-refractivity contribution in [2.45, 2.75) is 20.8 Å². The van der Waals surface area contributed by atoms with Crippen LogP contribution in [0, 0.1) is 20.8 Å². The zero-order chi connectivity index (χ0) is 12.7. The van der Waals surface area contributed by atoms with E-state index in [1.807, 2.05) is 11.6 Å². The van der Waals surface area contributed by atoms with E-state index in [1.54, 1.807) is 0 Å². The molecule has 0 aliphatic heterocycles. The Morgan fingerprint density at radius 3 is 2.12 bits per heavy atom. The summed E-state index contributed by atoms with van der Waals surface area (Å²) >= 11 is 3.55. The van der Waals surface area contributed by atoms with E-state index < -0.39 is 0 Å². The summed E-state index contributed by atoms with van der Waals surface area (Å²) in [5, 5.41) is 0. The summed E-state index contributed by atoms with van der Waals surface area (Å²) < 4.78 is 2.76. The molecule has 0 atom stereocenters. The summed E-state index contributed by atoms with van der Waals surface area (Å²) in [7, 11) is 1.90. The Bertz CT molecular complexity index is 562. The molecule has 0 aliphatic rings. The van der Waals surface area contributed by atoms with E-state index in [0.29, 0.717) is 5.95 Å². The van der Waals surface area contributed by atoms with Crippen molar-refractivity contribution in [1.82, 2.24) is 9.55 Å². The molecule has 1 aromatic heterocycles. The Hall–Kier alpha value is -1.29. The summed E-state index contributed by atoms with van der Waals surface area (Å²) in [6, 6.07) is 4.33. The third-order valence-electron chi connectivity index (χ3n) is 2.97. The van der Waals surface area contributed by atoms with Crippen LogP contribution in [0.15, 0.2) is 16.7 Å². The minimum absolute atomic E-state index is 0.520. The minimum Gasteiger partial charge on any atom is -0.369 e. The Kier molecular flexibility index (Phi) is 3.00. The number of aryl methyl sites for hydroxylation is 3. The Labute approximate surface area is 110 Å². The highest BCUT2D eigenvalue weighted by Crippen LogP contribution is 2.34. The van der Waals surface area contributed by atoms with Crippen LogP contribution in [-0.4, -0.2) is 9.55 Å². The van der Waals surface area contributed by atoms with E-state index in [0.717, 1.165) is 15.9 Å². The van der Waals surface area contributed by atoms with Gasteiger partial charge in [0.2, 0.25) is 5.95 Å². The molecule has 0 saturated heterocycles. The molecule has 3 nitrogen and oxygen atoms in total. The molecule has 0 amide bonds. The monoisotopic (exact) mass is 293 g/mol. The van der Waals surface area contributed by atoms with E-state index in [-0.39, 0.29) is 0 Å². The molecule has 0 spiro atoms. The van der Waals surface area contributed by atoms with Crippen LogP contribution in [0.2, 0.25) is 0 Å². The third kappa shape index (κ3) is 1.97. The molecule has 2 rings (SSSR count). The van der Waals surface area contributed by atoms with Crippen LogP contribution < -0.4 is 5.73 Å². The van der Waals surface area contributed by atoms with Gasteiger partial charge in [-0.3, -0.25) is 0 Å². The molecule has 0 aliphatic carbocycles. The van der Waals surface area contributed by atoms with Gasteiger partial charge in [-0.15, -0.1) is 0 Å². The van der Waals surface area contributed by atoms with Gasteiger partial charge in [0.05, 0.1) is 0 Å². The van der Waals surface area contributed by atoms with Gasteiger partial charge in [0.25, 0.3) is 0 Å². The van der Waals surface area contributed by atoms with Crippen molar-refractivity contribution < 1.29 is 0 Å². The van der Waals surface area contributed by atoms with Gasteiger partial charge in [0.15, 0.2) is 0 Å². The SMILES string of the molecule is Cc1cc(C)c(-c2nc(N)n(C)c2Br)c(C)c1. The van der Waals surface area contributed by atoms with E-state index in [4.69, 9.17) is 5.73 Å². The molecule has 0 fully saturated rings. The molecule has 2 N–H and O–H groups in total. The smallest absolute Gasteiger partial charge is 0.201 e. The highest BCUT2D eigenvalue weighted by atomic mass is 79.9. The molecule has 1 heterocycles. The lowest BCUT2D eigenvalue weighted by atomic mass is 9.98. The number of hydrogen-bond acceptors (Lipinski definition) is 2. The van der Waals surface area contributed by atoms with Crippen molar-refractivity contribution in [2.24, 2.45) is 7.05 Å². The van der Waals surface area contributed by atoms with Crippen LogP contribution >= 0.6 is 15.9 Å². The Morgan fingerprint density at radius 1 is 1.18 bits per heavy atom. The van der Waals surface area contributed by atoms with Crippen LogP contribution in [0.4, 0.5) is 5.95 Å². The van der Waals surface area contributed by atoms with E-state index >= 15 is 0 Å². The van der Waals surface area contributed by atoms with Crippen molar-refractivity contribution in [2.75, 3.05) is 5.73 Å². The summed E-state index contributed by atoms with van der Waals surface area (Å²) in [5.74, 6) is 0.520. The third-order valence-corrected chi connectivity index (χ3v) is 3.88. The first-order chi connectivity index (χ1) is 7.91. The molecule has 0 bridgehead atoms. The van der Waals surface area contributed by atoms with Crippen molar-refractivity contribution in [3.05, 3.63) is 33.4 Å². The van der Waals surface area contributed by atoms with Gasteiger partial charge < -0.3 is 10.3 Å². The van der Waals surface area contributed by atoms with Gasteiger partial charge >= 0.3 is 0 Å². The lowest BCUT2D eigenvalue weighted by molar-refractivity contribution is 0.907. The van der Waals surface area contributed by atoms with E-state index in [2.05, 4.69) is 53.8 Å². The molecular formula is C13H16BrN3. The molecule has 0 saturated carbocycles. The second-order valence-corrected chi connectivity index (χ2v) is 5.19. The number of anilines is 1. The first-order valence-corrected chi connectivity index (χ1v) is 6.27. The zero-order valence-corrected chi connectivity index (χ0v) is 12.1. The fourth-order valence-electron chi connectivity index (χ4n) is 2.21. The van der Waals surface area contributed by atoms with E-state index in [9.17, 15) is 0 Å². The molecule has 0 radical (unpaired) electrons. The number of nitrogens with two attached hydrogens (primary N) is 1. The molecule has 4 heteroatoms. The van der Waals surface area contributed by atoms with Gasteiger partial charge in [0, 0.05) is 12.6 Å². The molecule has 2 aromatic rings. The number of aromatic nitrogens is 2. The fourth-order valence-corrected chi connectivity index (χ4v) is 2.68. The first kappa shape index (κ1) is 12.2. The van der Waals surface area contributed by atoms with Gasteiger partial charge in [-0.25, -0.2) is 4.98 Å². The molecule has 0 unspecified atom stereocenters. The summed E-state index contributed by atoms with van der Waals surface area (Å²) in [4.78, 5) is 4.43. The largest absolute Gasteiger partial charge is 0.369 e. The number of halogens is 1. The van der Waals surface area contributed by atoms with Gasteiger partial charge in [-0.2, -0.15) is 0 Å². The van der Waals surface area contributed by atoms with Crippen LogP contribution in [0.25, 0.3) is 11.3 Å². The topological polar surface area (TPSA) is 43.8 Å². The van der Waals surface area contributed by atoms with Crippen LogP contribution in [0.3, 0.4) is 0 Å². The van der Waals surface area contributed by atoms with Crippen molar-refractivity contribution in [3.8, 4) is 11.3 Å². The highest BCUT2D eigenvalue weighted by molar-refractivity contribution is 9.10. The summed E-state index contributed by atoms with van der Waals surface area (Å²) in [6.45, 7) is 6.31. The van der Waals surface area contributed by atoms with Gasteiger partial charge in [0.1, 0.15) is 10.3 Å². The van der Waals surface area contributed by atoms with Gasteiger partial charge in [-0.05, 0) is 47.8 Å². The highest BCUT2D eigenvalue weighted by Gasteiger charge is 2.16. The Morgan fingerprint density at radius 2 is 1.71 bits per heavy atom. The molecular weight excluding hydrogens is 278 g/mol. The number of nitrogen functional groups attached to an aromatic ring is 1. The van der Waals surface area contributed by atoms with Crippen molar-refractivity contribution in [1.29, 1.82) is 0 Å². The second-order valence-electron chi connectivity index (χ2n) is 4.44. The van der Waals surface area contributed by atoms with Crippen LogP contribution in [-0.2, 0) is 7.05 Å². The number of hydrogen-bond donors (Lipinski definition) is 1. The minimum atomic E-state index is 0.520. The first-order valence-electron chi connectivity index (χ1n) is 5.47. The quantitative estimate of drug-likeness (QED) is 0.876. The number of benzene rings is 1. The maximum absolute atomic E-state index is 5.83. The molecule has 1 aromatic carbocycles. The predicted octanol–water partition coefficient (Wildman–Crippen LogP) is 3.36. The van der Waals surface area contributed by atoms with Crippen LogP contribution in [0.5, 0.6) is 0 Å². The second kappa shape index (κ2) is 4.18. The number of rotatable bonds is 1. The predicted molar refractivity (Wildman–Crippen MR) is 75.0 cm³/mol. The maximum Gasteiger partial charge on any atom is 0.201 e. The summed E-state index contributed by atoms with van der Waals surface area (Å²) in [6.07, 6.45) is 0. The van der Waals surface area contributed by atoms with Crippen molar-refractivity contribution in [3.63, 3.8) is 0 Å². The lowest BCUT2D eigenvalue weighted by Gasteiger charge is -2.09. The fraction of sp³-hybridized carbons (Fsp3) is 0.308. The number of nitrogens with zero attached hydrogens (tertiary/aromatic N) is 2. The molecule has 90 valence electrons. The van der Waals surface area contributed by atoms with Gasteiger partial charge in [-0.1, -0.05) is 17.7 Å². The molecule has 17 heavy (non-hydrogen) atoms. The van der Waals surface area contributed by atoms with Crippen molar-refractivity contribution >= 4 is 21.9 Å². The average Bonchev–Trinajstić information content (AvgIpc) is 2.45. The number of imidazole rings is 1. The van der Waals surface area contributed by atoms with Crippen LogP contribution in [0.1, 0.15) is 16.7 Å². The average molecular weight is 294 g/mol.